The maximum absolute atomic E-state index is 11.6. The van der Waals surface area contributed by atoms with Crippen LogP contribution in [-0.4, -0.2) is 11.3 Å². The molecule has 4 heteroatoms. The van der Waals surface area contributed by atoms with E-state index in [1.165, 1.54) is 0 Å². The van der Waals surface area contributed by atoms with E-state index in [4.69, 9.17) is 4.98 Å². The molecule has 0 amide bonds. The number of nitrogens with zero attached hydrogens (tertiary/aromatic N) is 1. The molecule has 23 heavy (non-hydrogen) atoms. The molecule has 0 saturated carbocycles. The number of fused-ring (bicyclic) bond motifs is 2. The number of aldehydes is 1. The Balaban J connectivity index is 1.88. The Morgan fingerprint density at radius 3 is 2.70 bits per heavy atom. The third-order valence-electron chi connectivity index (χ3n) is 3.89. The Kier molecular flexibility index (Phi) is 3.79. The largest absolute Gasteiger partial charge is 0.298 e. The number of carbonyl (C=O) groups is 1. The van der Waals surface area contributed by atoms with Crippen LogP contribution in [-0.2, 0) is 4.79 Å². The molecule has 2 nitrogen and oxygen atoms in total. The lowest BCUT2D eigenvalue weighted by Crippen LogP contribution is -2.06. The average Bonchev–Trinajstić information content (AvgIpc) is 2.59. The monoisotopic (exact) mass is 381 g/mol. The Bertz CT molecular complexity index is 951. The zero-order chi connectivity index (χ0) is 15.8. The zero-order valence-corrected chi connectivity index (χ0v) is 14.5. The van der Waals surface area contributed by atoms with Crippen LogP contribution in [0.3, 0.4) is 0 Å². The van der Waals surface area contributed by atoms with Crippen LogP contribution >= 0.6 is 27.7 Å². The summed E-state index contributed by atoms with van der Waals surface area (Å²) in [4.78, 5) is 16.4. The second-order valence-corrected chi connectivity index (χ2v) is 7.31. The minimum absolute atomic E-state index is 0.0377. The molecule has 0 N–H and O–H groups in total. The van der Waals surface area contributed by atoms with Gasteiger partial charge in [0.25, 0.3) is 0 Å². The van der Waals surface area contributed by atoms with Crippen LogP contribution in [0.1, 0.15) is 16.4 Å². The standard InChI is InChI=1S/C19H12BrNOS/c20-16-7-3-2-6-15(16)18-14(11-22)10-13-9-12-5-1-4-8-17(12)21-19(13)23-18/h1-11,18H/t18-/m0/s1. The minimum Gasteiger partial charge on any atom is -0.298 e. The summed E-state index contributed by atoms with van der Waals surface area (Å²) in [5, 5.41) is 2.02. The average molecular weight is 382 g/mol. The molecule has 1 atom stereocenters. The fourth-order valence-corrected chi connectivity index (χ4v) is 4.66. The summed E-state index contributed by atoms with van der Waals surface area (Å²) in [7, 11) is 0. The van der Waals surface area contributed by atoms with Gasteiger partial charge >= 0.3 is 0 Å². The Labute approximate surface area is 146 Å². The number of carbonyl (C=O) groups excluding carboxylic acids is 1. The molecule has 1 aromatic heterocycles. The number of aromatic nitrogens is 1. The molecule has 1 aliphatic rings. The number of rotatable bonds is 2. The quantitative estimate of drug-likeness (QED) is 0.554. The van der Waals surface area contributed by atoms with Crippen LogP contribution < -0.4 is 0 Å². The van der Waals surface area contributed by atoms with Gasteiger partial charge in [0.05, 0.1) is 10.8 Å². The number of hydrogen-bond donors (Lipinski definition) is 0. The van der Waals surface area contributed by atoms with Crippen molar-refractivity contribution >= 4 is 51.0 Å². The maximum Gasteiger partial charge on any atom is 0.147 e. The molecule has 4 rings (SSSR count). The van der Waals surface area contributed by atoms with E-state index in [-0.39, 0.29) is 5.25 Å². The first kappa shape index (κ1) is 14.7. The van der Waals surface area contributed by atoms with Crippen LogP contribution in [0.4, 0.5) is 0 Å². The second-order valence-electron chi connectivity index (χ2n) is 5.36. The van der Waals surface area contributed by atoms with Gasteiger partial charge in [0.2, 0.25) is 0 Å². The highest BCUT2D eigenvalue weighted by Crippen LogP contribution is 2.47. The van der Waals surface area contributed by atoms with E-state index in [0.29, 0.717) is 0 Å². The molecule has 2 aromatic carbocycles. The van der Waals surface area contributed by atoms with Gasteiger partial charge in [0.15, 0.2) is 0 Å². The number of pyridine rings is 1. The Morgan fingerprint density at radius 2 is 1.87 bits per heavy atom. The summed E-state index contributed by atoms with van der Waals surface area (Å²) < 4.78 is 1.01. The lowest BCUT2D eigenvalue weighted by molar-refractivity contribution is -0.104. The molecular weight excluding hydrogens is 370 g/mol. The van der Waals surface area contributed by atoms with Crippen molar-refractivity contribution in [3.63, 3.8) is 0 Å². The van der Waals surface area contributed by atoms with Crippen LogP contribution in [0, 0.1) is 0 Å². The second kappa shape index (κ2) is 5.95. The number of halogens is 1. The van der Waals surface area contributed by atoms with Crippen LogP contribution in [0.2, 0.25) is 0 Å². The van der Waals surface area contributed by atoms with E-state index in [9.17, 15) is 4.79 Å². The summed E-state index contributed by atoms with van der Waals surface area (Å²) in [5.74, 6) is 0. The molecule has 0 radical (unpaired) electrons. The van der Waals surface area contributed by atoms with E-state index in [2.05, 4.69) is 22.0 Å². The smallest absolute Gasteiger partial charge is 0.147 e. The zero-order valence-electron chi connectivity index (χ0n) is 12.1. The topological polar surface area (TPSA) is 30.0 Å². The number of benzene rings is 2. The highest BCUT2D eigenvalue weighted by molar-refractivity contribution is 9.10. The number of hydrogen-bond acceptors (Lipinski definition) is 3. The normalized spacial score (nSPS) is 16.7. The van der Waals surface area contributed by atoms with Gasteiger partial charge in [-0.1, -0.05) is 64.1 Å². The summed E-state index contributed by atoms with van der Waals surface area (Å²) in [6, 6.07) is 18.2. The van der Waals surface area contributed by atoms with Crippen molar-refractivity contribution in [2.45, 2.75) is 10.3 Å². The van der Waals surface area contributed by atoms with Crippen molar-refractivity contribution in [2.75, 3.05) is 0 Å². The lowest BCUT2D eigenvalue weighted by Gasteiger charge is -2.23. The summed E-state index contributed by atoms with van der Waals surface area (Å²) in [6.07, 6.45) is 2.91. The van der Waals surface area contributed by atoms with Gasteiger partial charge in [-0.3, -0.25) is 4.79 Å². The van der Waals surface area contributed by atoms with Gasteiger partial charge < -0.3 is 0 Å². The molecule has 0 aliphatic carbocycles. The first-order valence-electron chi connectivity index (χ1n) is 7.24. The maximum atomic E-state index is 11.6. The molecule has 0 spiro atoms. The molecular formula is C19H12BrNOS. The Hall–Kier alpha value is -1.91. The minimum atomic E-state index is -0.0377. The van der Waals surface area contributed by atoms with Crippen molar-refractivity contribution in [3.8, 4) is 0 Å². The predicted octanol–water partition coefficient (Wildman–Crippen LogP) is 5.43. The van der Waals surface area contributed by atoms with E-state index in [1.54, 1.807) is 11.8 Å². The highest BCUT2D eigenvalue weighted by atomic mass is 79.9. The number of thioether (sulfide) groups is 1. The van der Waals surface area contributed by atoms with Crippen molar-refractivity contribution < 1.29 is 4.79 Å². The molecule has 0 fully saturated rings. The van der Waals surface area contributed by atoms with Crippen molar-refractivity contribution in [1.29, 1.82) is 0 Å². The van der Waals surface area contributed by atoms with E-state index in [0.717, 1.165) is 43.4 Å². The van der Waals surface area contributed by atoms with E-state index in [1.807, 2.05) is 54.6 Å². The first-order chi connectivity index (χ1) is 11.3. The molecule has 3 aromatic rings. The molecule has 1 aliphatic heterocycles. The Morgan fingerprint density at radius 1 is 1.09 bits per heavy atom. The SMILES string of the molecule is O=CC1=Cc2cc3ccccc3nc2S[C@@H]1c1ccccc1Br. The lowest BCUT2D eigenvalue weighted by atomic mass is 10.0. The summed E-state index contributed by atoms with van der Waals surface area (Å²) in [5.41, 5.74) is 3.86. The van der Waals surface area contributed by atoms with Gasteiger partial charge in [0, 0.05) is 21.0 Å². The van der Waals surface area contributed by atoms with Gasteiger partial charge in [-0.25, -0.2) is 4.98 Å². The third kappa shape index (κ3) is 2.62. The van der Waals surface area contributed by atoms with Gasteiger partial charge in [-0.05, 0) is 29.8 Å². The summed E-state index contributed by atoms with van der Waals surface area (Å²) in [6.45, 7) is 0. The molecule has 112 valence electrons. The first-order valence-corrected chi connectivity index (χ1v) is 8.91. The fourth-order valence-electron chi connectivity index (χ4n) is 2.77. The molecule has 0 bridgehead atoms. The van der Waals surface area contributed by atoms with Crippen molar-refractivity contribution in [2.24, 2.45) is 0 Å². The predicted molar refractivity (Wildman–Crippen MR) is 98.5 cm³/mol. The van der Waals surface area contributed by atoms with Crippen molar-refractivity contribution in [1.82, 2.24) is 4.98 Å². The molecule has 0 unspecified atom stereocenters. The van der Waals surface area contributed by atoms with E-state index >= 15 is 0 Å². The molecule has 0 saturated heterocycles. The molecule has 2 heterocycles. The number of para-hydroxylation sites is 1. The third-order valence-corrected chi connectivity index (χ3v) is 5.93. The van der Waals surface area contributed by atoms with E-state index < -0.39 is 0 Å². The highest BCUT2D eigenvalue weighted by Gasteiger charge is 2.26. The fraction of sp³-hybridized carbons (Fsp3) is 0.0526. The summed E-state index contributed by atoms with van der Waals surface area (Å²) >= 11 is 5.22. The van der Waals surface area contributed by atoms with Crippen LogP contribution in [0.15, 0.2) is 69.7 Å². The van der Waals surface area contributed by atoms with Gasteiger partial charge in [0.1, 0.15) is 11.3 Å². The van der Waals surface area contributed by atoms with Crippen molar-refractivity contribution in [3.05, 3.63) is 75.8 Å². The van der Waals surface area contributed by atoms with Gasteiger partial charge in [-0.15, -0.1) is 0 Å². The van der Waals surface area contributed by atoms with Crippen LogP contribution in [0.5, 0.6) is 0 Å². The van der Waals surface area contributed by atoms with Gasteiger partial charge in [-0.2, -0.15) is 0 Å². The van der Waals surface area contributed by atoms with Crippen LogP contribution in [0.25, 0.3) is 17.0 Å².